The Morgan fingerprint density at radius 1 is 1.17 bits per heavy atom. The second-order valence-corrected chi connectivity index (χ2v) is 6.01. The Balaban J connectivity index is 2.32. The van der Waals surface area contributed by atoms with Crippen molar-refractivity contribution in [2.75, 3.05) is 20.1 Å². The third-order valence-corrected chi connectivity index (χ3v) is 4.53. The van der Waals surface area contributed by atoms with E-state index in [9.17, 15) is 0 Å². The van der Waals surface area contributed by atoms with Crippen LogP contribution < -0.4 is 0 Å². The first kappa shape index (κ1) is 17.2. The second kappa shape index (κ2) is 7.40. The highest BCUT2D eigenvalue weighted by molar-refractivity contribution is 5.39. The molecule has 124 valence electrons. The van der Waals surface area contributed by atoms with E-state index in [0.29, 0.717) is 0 Å². The van der Waals surface area contributed by atoms with Crippen LogP contribution in [0.2, 0.25) is 0 Å². The lowest BCUT2D eigenvalue weighted by atomic mass is 10.1. The molecule has 0 saturated heterocycles. The minimum absolute atomic E-state index is 0.819. The molecule has 1 aromatic rings. The van der Waals surface area contributed by atoms with Crippen molar-refractivity contribution < 1.29 is 0 Å². The molecule has 1 aliphatic rings. The largest absolute Gasteiger partial charge is 0.371 e. The summed E-state index contributed by atoms with van der Waals surface area (Å²) in [6, 6.07) is 10.5. The Kier molecular flexibility index (Phi) is 5.54. The van der Waals surface area contributed by atoms with Crippen molar-refractivity contribution in [3.05, 3.63) is 72.0 Å². The molecule has 0 N–H and O–H groups in total. The fourth-order valence-electron chi connectivity index (χ4n) is 3.06. The molecule has 0 saturated carbocycles. The zero-order chi connectivity index (χ0) is 17.0. The fourth-order valence-corrected chi connectivity index (χ4v) is 3.06. The summed E-state index contributed by atoms with van der Waals surface area (Å²) in [4.78, 5) is 6.79. The highest BCUT2D eigenvalue weighted by Gasteiger charge is 2.31. The quantitative estimate of drug-likeness (QED) is 0.740. The van der Waals surface area contributed by atoms with E-state index < -0.39 is 0 Å². The molecule has 0 radical (unpaired) electrons. The highest BCUT2D eigenvalue weighted by atomic mass is 15.4. The van der Waals surface area contributed by atoms with E-state index in [4.69, 9.17) is 0 Å². The van der Waals surface area contributed by atoms with Crippen molar-refractivity contribution in [1.82, 2.24) is 14.7 Å². The molecule has 1 aromatic carbocycles. The van der Waals surface area contributed by atoms with E-state index in [1.54, 1.807) is 0 Å². The lowest BCUT2D eigenvalue weighted by molar-refractivity contribution is 0.324. The predicted octanol–water partition coefficient (Wildman–Crippen LogP) is 4.38. The lowest BCUT2D eigenvalue weighted by Gasteiger charge is -2.31. The van der Waals surface area contributed by atoms with Crippen molar-refractivity contribution in [3.8, 4) is 0 Å². The maximum Gasteiger partial charge on any atom is 0.105 e. The third kappa shape index (κ3) is 3.44. The summed E-state index contributed by atoms with van der Waals surface area (Å²) in [5, 5.41) is 0. The summed E-state index contributed by atoms with van der Waals surface area (Å²) in [7, 11) is 2.08. The van der Waals surface area contributed by atoms with Gasteiger partial charge in [-0.2, -0.15) is 0 Å². The molecule has 1 heterocycles. The van der Waals surface area contributed by atoms with Gasteiger partial charge in [0, 0.05) is 32.4 Å². The third-order valence-electron chi connectivity index (χ3n) is 4.53. The van der Waals surface area contributed by atoms with Gasteiger partial charge < -0.3 is 14.7 Å². The van der Waals surface area contributed by atoms with Gasteiger partial charge in [0.1, 0.15) is 5.82 Å². The fraction of sp³-hybridized carbons (Fsp3) is 0.400. The van der Waals surface area contributed by atoms with Crippen LogP contribution in [0.3, 0.4) is 0 Å². The maximum absolute atomic E-state index is 4.40. The van der Waals surface area contributed by atoms with Gasteiger partial charge >= 0.3 is 0 Å². The van der Waals surface area contributed by atoms with E-state index in [1.165, 1.54) is 17.0 Å². The topological polar surface area (TPSA) is 9.72 Å². The van der Waals surface area contributed by atoms with E-state index in [1.807, 2.05) is 0 Å². The zero-order valence-corrected chi connectivity index (χ0v) is 15.0. The van der Waals surface area contributed by atoms with Crippen LogP contribution in [0.4, 0.5) is 0 Å². The average molecular weight is 311 g/mol. The zero-order valence-electron chi connectivity index (χ0n) is 15.0. The molecule has 3 heteroatoms. The molecule has 0 spiro atoms. The van der Waals surface area contributed by atoms with E-state index in [-0.39, 0.29) is 0 Å². The van der Waals surface area contributed by atoms with Crippen LogP contribution in [0.1, 0.15) is 32.8 Å². The molecule has 3 nitrogen and oxygen atoms in total. The molecule has 0 unspecified atom stereocenters. The molecular formula is C20H29N3. The van der Waals surface area contributed by atoms with Gasteiger partial charge in [-0.1, -0.05) is 50.4 Å². The van der Waals surface area contributed by atoms with Crippen LogP contribution >= 0.6 is 0 Å². The first-order chi connectivity index (χ1) is 11.0. The normalized spacial score (nSPS) is 14.7. The van der Waals surface area contributed by atoms with Crippen molar-refractivity contribution >= 4 is 0 Å². The van der Waals surface area contributed by atoms with Gasteiger partial charge in [0.25, 0.3) is 0 Å². The lowest BCUT2D eigenvalue weighted by Crippen LogP contribution is -2.29. The van der Waals surface area contributed by atoms with Crippen molar-refractivity contribution in [1.29, 1.82) is 0 Å². The summed E-state index contributed by atoms with van der Waals surface area (Å²) in [5.41, 5.74) is 4.77. The van der Waals surface area contributed by atoms with E-state index in [0.717, 1.165) is 37.6 Å². The van der Waals surface area contributed by atoms with Gasteiger partial charge in [0.05, 0.1) is 11.4 Å². The number of allylic oxidation sites excluding steroid dienone is 1. The van der Waals surface area contributed by atoms with Crippen LogP contribution in [0.15, 0.2) is 66.4 Å². The highest BCUT2D eigenvalue weighted by Crippen LogP contribution is 2.35. The number of hydrogen-bond acceptors (Lipinski definition) is 3. The van der Waals surface area contributed by atoms with Crippen LogP contribution in [0.25, 0.3) is 0 Å². The van der Waals surface area contributed by atoms with Gasteiger partial charge in [0.15, 0.2) is 0 Å². The van der Waals surface area contributed by atoms with Gasteiger partial charge in [-0.05, 0) is 25.8 Å². The Morgan fingerprint density at radius 2 is 1.83 bits per heavy atom. The summed E-state index contributed by atoms with van der Waals surface area (Å²) < 4.78 is 0. The molecular weight excluding hydrogens is 282 g/mol. The molecule has 0 fully saturated rings. The number of rotatable bonds is 7. The monoisotopic (exact) mass is 311 g/mol. The Morgan fingerprint density at radius 3 is 2.39 bits per heavy atom. The van der Waals surface area contributed by atoms with Gasteiger partial charge in [0.2, 0.25) is 0 Å². The van der Waals surface area contributed by atoms with Crippen molar-refractivity contribution in [3.63, 3.8) is 0 Å². The minimum Gasteiger partial charge on any atom is -0.371 e. The Bertz CT molecular complexity index is 601. The maximum atomic E-state index is 4.40. The van der Waals surface area contributed by atoms with E-state index >= 15 is 0 Å². The van der Waals surface area contributed by atoms with Crippen molar-refractivity contribution in [2.45, 2.75) is 33.7 Å². The Hall–Kier alpha value is -2.16. The Labute approximate surface area is 141 Å². The summed E-state index contributed by atoms with van der Waals surface area (Å²) in [5.74, 6) is 1.01. The van der Waals surface area contributed by atoms with Crippen LogP contribution in [-0.2, 0) is 6.54 Å². The summed E-state index contributed by atoms with van der Waals surface area (Å²) >= 11 is 0. The number of hydrogen-bond donors (Lipinski definition) is 0. The second-order valence-electron chi connectivity index (χ2n) is 6.01. The first-order valence-electron chi connectivity index (χ1n) is 8.40. The molecule has 2 rings (SSSR count). The molecule has 0 aromatic heterocycles. The summed E-state index contributed by atoms with van der Waals surface area (Å²) in [6.45, 7) is 18.0. The predicted molar refractivity (Wildman–Crippen MR) is 98.3 cm³/mol. The number of benzene rings is 1. The van der Waals surface area contributed by atoms with Crippen LogP contribution in [0.5, 0.6) is 0 Å². The van der Waals surface area contributed by atoms with Crippen LogP contribution in [-0.4, -0.2) is 34.8 Å². The molecule has 1 aliphatic heterocycles. The number of likely N-dealkylation sites (N-methyl/N-ethyl adjacent to an activating group) is 1. The molecule has 23 heavy (non-hydrogen) atoms. The van der Waals surface area contributed by atoms with Crippen LogP contribution in [0, 0.1) is 0 Å². The van der Waals surface area contributed by atoms with Gasteiger partial charge in [-0.3, -0.25) is 0 Å². The van der Waals surface area contributed by atoms with E-state index in [2.05, 4.69) is 86.0 Å². The molecule has 0 aliphatic carbocycles. The smallest absolute Gasteiger partial charge is 0.105 e. The summed E-state index contributed by atoms with van der Waals surface area (Å²) in [6.07, 6.45) is 1.12. The molecule has 0 bridgehead atoms. The minimum atomic E-state index is 0.819. The van der Waals surface area contributed by atoms with Gasteiger partial charge in [-0.25, -0.2) is 0 Å². The SMILES string of the molecule is C=C(C1=C(C)N(C)C(=C)N1Cc1ccccc1)N(CC)CCC. The standard InChI is InChI=1S/C20H29N3/c1-7-14-22(8-2)17(4)20-16(3)21(6)18(5)23(20)15-19-12-10-9-11-13-19/h9-13H,4-5,7-8,14-15H2,1-3,6H3. The molecule has 0 atom stereocenters. The number of nitrogens with zero attached hydrogens (tertiary/aromatic N) is 3. The van der Waals surface area contributed by atoms with Gasteiger partial charge in [-0.15, -0.1) is 0 Å². The van der Waals surface area contributed by atoms with Crippen molar-refractivity contribution in [2.24, 2.45) is 0 Å². The first-order valence-corrected chi connectivity index (χ1v) is 8.40. The average Bonchev–Trinajstić information content (AvgIpc) is 2.77. The molecule has 0 amide bonds.